The van der Waals surface area contributed by atoms with Crippen molar-refractivity contribution in [2.45, 2.75) is 244 Å². The summed E-state index contributed by atoms with van der Waals surface area (Å²) in [5.74, 6) is -3.98. The topological polar surface area (TPSA) is 317 Å². The number of Topliss-reactive ketones (excluding diaryl/α,β-unsaturated/α-hetero) is 2. The molecule has 8 aliphatic rings. The van der Waals surface area contributed by atoms with Crippen molar-refractivity contribution < 1.29 is 83.6 Å². The number of rotatable bonds is 16. The summed E-state index contributed by atoms with van der Waals surface area (Å²) in [5.41, 5.74) is -4.02. The van der Waals surface area contributed by atoms with Crippen molar-refractivity contribution in [3.8, 4) is 23.3 Å². The van der Waals surface area contributed by atoms with Gasteiger partial charge in [0.25, 0.3) is 0 Å². The van der Waals surface area contributed by atoms with Gasteiger partial charge in [-0.15, -0.1) is 0 Å². The summed E-state index contributed by atoms with van der Waals surface area (Å²) in [4.78, 5) is 125. The van der Waals surface area contributed by atoms with Crippen molar-refractivity contribution in [2.75, 3.05) is 27.3 Å². The number of sulfonamides is 2. The summed E-state index contributed by atoms with van der Waals surface area (Å²) in [6.45, 7) is 22.2. The number of amides is 4. The lowest BCUT2D eigenvalue weighted by Crippen LogP contribution is -2.48. The van der Waals surface area contributed by atoms with Crippen molar-refractivity contribution >= 4 is 88.7 Å². The van der Waals surface area contributed by atoms with E-state index in [1.165, 1.54) is 9.80 Å². The number of fused-ring (bicyclic) bond motifs is 6. The number of methoxy groups -OCH3 is 2. The predicted molar refractivity (Wildman–Crippen MR) is 406 cm³/mol. The molecule has 0 bridgehead atoms. The minimum atomic E-state index is -3.95. The van der Waals surface area contributed by atoms with E-state index >= 15 is 0 Å². The highest BCUT2D eigenvalue weighted by Gasteiger charge is 2.65. The van der Waals surface area contributed by atoms with Crippen molar-refractivity contribution in [2.24, 2.45) is 58.2 Å². The number of nitrogens with zero attached hydrogens (tertiary/aromatic N) is 4. The minimum Gasteiger partial charge on any atom is -0.496 e. The first-order chi connectivity index (χ1) is 50.7. The Morgan fingerprint density at radius 1 is 0.537 bits per heavy atom. The Labute approximate surface area is 635 Å². The van der Waals surface area contributed by atoms with Crippen molar-refractivity contribution in [3.05, 3.63) is 85.2 Å². The van der Waals surface area contributed by atoms with Crippen LogP contribution in [0.1, 0.15) is 199 Å². The molecule has 6 heterocycles. The molecule has 4 aliphatic heterocycles. The first kappa shape index (κ1) is 81.0. The largest absolute Gasteiger partial charge is 0.496 e. The Morgan fingerprint density at radius 2 is 0.907 bits per heavy atom. The van der Waals surface area contributed by atoms with Gasteiger partial charge >= 0.3 is 11.9 Å². The van der Waals surface area contributed by atoms with E-state index in [0.717, 1.165) is 36.5 Å². The van der Waals surface area contributed by atoms with Crippen molar-refractivity contribution in [1.82, 2.24) is 29.2 Å². The lowest BCUT2D eigenvalue weighted by Gasteiger charge is -2.32. The summed E-state index contributed by atoms with van der Waals surface area (Å²) in [6.07, 6.45) is 16.3. The van der Waals surface area contributed by atoms with Gasteiger partial charge in [0.1, 0.15) is 34.9 Å². The lowest BCUT2D eigenvalue weighted by molar-refractivity contribution is -0.160. The highest BCUT2D eigenvalue weighted by molar-refractivity contribution is 7.92. The van der Waals surface area contributed by atoms with E-state index in [0.29, 0.717) is 85.4 Å². The van der Waals surface area contributed by atoms with Crippen LogP contribution in [0, 0.1) is 58.2 Å². The monoisotopic (exact) mass is 1530 g/mol. The zero-order valence-electron chi connectivity index (χ0n) is 65.1. The molecule has 0 spiro atoms. The summed E-state index contributed by atoms with van der Waals surface area (Å²) < 4.78 is 91.0. The quantitative estimate of drug-likeness (QED) is 0.0777. The molecule has 24 nitrogen and oxygen atoms in total. The molecule has 26 heteroatoms. The lowest BCUT2D eigenvalue weighted by atomic mass is 9.82. The zero-order valence-corrected chi connectivity index (χ0v) is 66.7. The second-order valence-corrected chi connectivity index (χ2v) is 39.1. The number of aromatic nitrogens is 2. The molecule has 14 atom stereocenters. The van der Waals surface area contributed by atoms with Gasteiger partial charge in [-0.1, -0.05) is 64.1 Å². The number of pyridine rings is 2. The number of ketones is 2. The van der Waals surface area contributed by atoms with Crippen molar-refractivity contribution in [3.63, 3.8) is 0 Å². The molecule has 12 rings (SSSR count). The number of allylic oxidation sites excluding steroid dienone is 4. The van der Waals surface area contributed by atoms with Gasteiger partial charge < -0.3 is 38.2 Å². The molecule has 4 amide bonds. The number of esters is 2. The molecule has 2 saturated heterocycles. The number of carbonyl (C=O) groups is 8. The van der Waals surface area contributed by atoms with E-state index < -0.39 is 111 Å². The highest BCUT2D eigenvalue weighted by atomic mass is 32.2. The smallest absolute Gasteiger partial charge is 0.307 e. The summed E-state index contributed by atoms with van der Waals surface area (Å²) in [6, 6.07) is 12.8. The molecule has 588 valence electrons. The second kappa shape index (κ2) is 31.4. The maximum absolute atomic E-state index is 14.8. The molecule has 4 saturated carbocycles. The Morgan fingerprint density at radius 3 is 1.25 bits per heavy atom. The van der Waals surface area contributed by atoms with Crippen LogP contribution in [0.2, 0.25) is 0 Å². The van der Waals surface area contributed by atoms with Gasteiger partial charge in [0.2, 0.25) is 55.4 Å². The number of nitrogens with one attached hydrogen (secondary N) is 2. The van der Waals surface area contributed by atoms with Gasteiger partial charge in [-0.3, -0.25) is 47.8 Å². The average molecular weight is 1530 g/mol. The molecule has 0 radical (unpaired) electrons. The molecule has 108 heavy (non-hydrogen) atoms. The third-order valence-electron chi connectivity index (χ3n) is 23.7. The maximum Gasteiger partial charge on any atom is 0.307 e. The molecule has 4 aromatic rings. The maximum atomic E-state index is 14.8. The molecule has 4 aliphatic carbocycles. The SMILES string of the molecule is COc1cccc2c(O[C@@H]3C[C@H]4C(=O)C[C@]5(C(=O)NS(=O)(=O)C6(C)CC6)C[C@H]5/C=C\CC[C@@H](C)C[C@@H](C)[C@H](CC(=O)OC(C)(C)C)C(=O)N4C3)nccc12.COc1cccc2c(O[C@@H]3C[C@H]4C(=O)C[C@]5(C(=O)NS(=O)(=O)C6(C)CC6)C[C@H]5/C=C\CC[C@H](C)C[C@@H](C)[C@H](CC(=O)OC(C)(C)C)C(=O)N4C3)nccc12. The van der Waals surface area contributed by atoms with Crippen molar-refractivity contribution in [1.29, 1.82) is 0 Å². The van der Waals surface area contributed by atoms with E-state index in [9.17, 15) is 55.2 Å². The summed E-state index contributed by atoms with van der Waals surface area (Å²) in [7, 11) is -4.73. The van der Waals surface area contributed by atoms with Crippen LogP contribution in [-0.4, -0.2) is 156 Å². The standard InChI is InChI=1S/2C41H55N3O9S/c2*1-25-11-8-9-12-27-22-41(27,38(48)43-54(49,50)40(6)16-17-40)23-33(45)32-20-28(52-36-30-13-10-14-34(51-7)29(30)15-18-42-36)24-44(32)37(47)31(26(2)19-25)21-35(46)53-39(3,4)5/h2*9-10,12-15,18,25-28,31-32H,8,11,16-17,19-24H2,1-7H3,(H,43,48)/b2*12-9-/t25-,26+,27+,28+,31-,32-,41+;25-,26-,27-,28-,31+,32+,41-/m01/s1. The first-order valence-corrected chi connectivity index (χ1v) is 41.4. The van der Waals surface area contributed by atoms with Gasteiger partial charge in [-0.2, -0.15) is 0 Å². The zero-order chi connectivity index (χ0) is 78.4. The van der Waals surface area contributed by atoms with Gasteiger partial charge in [0.15, 0.2) is 11.6 Å². The van der Waals surface area contributed by atoms with Crippen LogP contribution in [0.5, 0.6) is 23.3 Å². The van der Waals surface area contributed by atoms with Crippen LogP contribution < -0.4 is 28.4 Å². The fourth-order valence-corrected chi connectivity index (χ4v) is 19.1. The molecule has 2 aromatic heterocycles. The number of carbonyl (C=O) groups excluding carboxylic acids is 8. The number of hydrogen-bond acceptors (Lipinski definition) is 20. The molecular weight excluding hydrogens is 1420 g/mol. The van der Waals surface area contributed by atoms with Crippen LogP contribution in [0.4, 0.5) is 0 Å². The van der Waals surface area contributed by atoms with Gasteiger partial charge in [-0.05, 0) is 204 Å². The van der Waals surface area contributed by atoms with Crippen LogP contribution in [0.3, 0.4) is 0 Å². The van der Waals surface area contributed by atoms with Gasteiger partial charge in [-0.25, -0.2) is 26.8 Å². The minimum absolute atomic E-state index is 0.0552. The third kappa shape index (κ3) is 18.1. The van der Waals surface area contributed by atoms with E-state index in [-0.39, 0.29) is 111 Å². The molecule has 6 fully saturated rings. The normalized spacial score (nSPS) is 30.6. The molecular formula is C82H110N6O18S2. The van der Waals surface area contributed by atoms with Crippen LogP contribution >= 0.6 is 0 Å². The third-order valence-corrected chi connectivity index (χ3v) is 28.0. The summed E-state index contributed by atoms with van der Waals surface area (Å²) in [5, 5.41) is 3.00. The number of hydrogen-bond donors (Lipinski definition) is 2. The van der Waals surface area contributed by atoms with Gasteiger partial charge in [0, 0.05) is 59.6 Å². The molecule has 2 aromatic carbocycles. The Bertz CT molecular complexity index is 4150. The fourth-order valence-electron chi connectivity index (χ4n) is 16.5. The second-order valence-electron chi connectivity index (χ2n) is 34.7. The fraction of sp³-hybridized carbons (Fsp3) is 0.634. The van der Waals surface area contributed by atoms with E-state index in [2.05, 4.69) is 33.3 Å². The van der Waals surface area contributed by atoms with Crippen LogP contribution in [0.15, 0.2) is 85.2 Å². The molecule has 0 unspecified atom stereocenters. The van der Waals surface area contributed by atoms with E-state index in [4.69, 9.17) is 28.4 Å². The van der Waals surface area contributed by atoms with Crippen LogP contribution in [-0.2, 0) is 67.9 Å². The Balaban J connectivity index is 0.000000215. The Hall–Kier alpha value is -8.00. The Kier molecular flexibility index (Phi) is 23.6. The van der Waals surface area contributed by atoms with Gasteiger partial charge in [0.05, 0.1) is 84.4 Å². The average Bonchev–Trinajstić information content (AvgIpc) is 1.57. The molecule has 2 N–H and O–H groups in total. The summed E-state index contributed by atoms with van der Waals surface area (Å²) >= 11 is 0. The van der Waals surface area contributed by atoms with Crippen LogP contribution in [0.25, 0.3) is 21.5 Å². The number of benzene rings is 2. The predicted octanol–water partition coefficient (Wildman–Crippen LogP) is 11.8. The first-order valence-electron chi connectivity index (χ1n) is 38.5. The highest BCUT2D eigenvalue weighted by Crippen LogP contribution is 2.59. The van der Waals surface area contributed by atoms with E-state index in [1.807, 2.05) is 86.7 Å². The van der Waals surface area contributed by atoms with E-state index in [1.54, 1.807) is 82.0 Å². The number of ether oxygens (including phenoxy) is 6.